The van der Waals surface area contributed by atoms with E-state index in [9.17, 15) is 14.7 Å². The highest BCUT2D eigenvalue weighted by Gasteiger charge is 2.38. The van der Waals surface area contributed by atoms with Crippen LogP contribution in [0.15, 0.2) is 0 Å². The molecule has 1 saturated heterocycles. The van der Waals surface area contributed by atoms with E-state index in [1.54, 1.807) is 0 Å². The maximum absolute atomic E-state index is 12.4. The first-order chi connectivity index (χ1) is 21.4. The third-order valence-corrected chi connectivity index (χ3v) is 10.3. The van der Waals surface area contributed by atoms with Crippen molar-refractivity contribution in [3.05, 3.63) is 0 Å². The van der Waals surface area contributed by atoms with Gasteiger partial charge in [-0.05, 0) is 70.4 Å². The lowest BCUT2D eigenvalue weighted by Gasteiger charge is -2.42. The minimum atomic E-state index is -0.593. The summed E-state index contributed by atoms with van der Waals surface area (Å²) in [6.45, 7) is 8.40. The van der Waals surface area contributed by atoms with E-state index < -0.39 is 5.97 Å². The largest absolute Gasteiger partial charge is 0.481 e. The van der Waals surface area contributed by atoms with Gasteiger partial charge in [0.15, 0.2) is 0 Å². The number of carboxylic acids is 1. The average Bonchev–Trinajstić information content (AvgIpc) is 3.01. The number of carbonyl (C=O) groups excluding carboxylic acids is 1. The second-order valence-corrected chi connectivity index (χ2v) is 14.3. The molecule has 1 fully saturated rings. The molecule has 260 valence electrons. The van der Waals surface area contributed by atoms with Crippen LogP contribution in [0.5, 0.6) is 0 Å². The molecule has 1 heterocycles. The van der Waals surface area contributed by atoms with E-state index in [1.165, 1.54) is 135 Å². The molecular formula is C39H75NO4. The van der Waals surface area contributed by atoms with Crippen molar-refractivity contribution in [1.82, 2.24) is 4.90 Å². The number of esters is 1. The van der Waals surface area contributed by atoms with Crippen LogP contribution in [0.4, 0.5) is 0 Å². The Morgan fingerprint density at radius 1 is 0.682 bits per heavy atom. The van der Waals surface area contributed by atoms with E-state index in [2.05, 4.69) is 32.7 Å². The van der Waals surface area contributed by atoms with Crippen LogP contribution in [0.2, 0.25) is 0 Å². The van der Waals surface area contributed by atoms with Gasteiger partial charge in [0.1, 0.15) is 0 Å². The molecule has 1 aliphatic heterocycles. The summed E-state index contributed by atoms with van der Waals surface area (Å²) in [5, 5.41) is 10.0. The van der Waals surface area contributed by atoms with Gasteiger partial charge in [0.05, 0.1) is 12.5 Å². The summed E-state index contributed by atoms with van der Waals surface area (Å²) in [6.07, 6.45) is 32.1. The van der Waals surface area contributed by atoms with E-state index in [4.69, 9.17) is 4.74 Å². The molecule has 0 aromatic carbocycles. The van der Waals surface area contributed by atoms with Crippen LogP contribution in [0, 0.1) is 17.8 Å². The van der Waals surface area contributed by atoms with Crippen LogP contribution in [-0.2, 0) is 14.3 Å². The molecule has 0 aromatic heterocycles. The zero-order valence-corrected chi connectivity index (χ0v) is 29.9. The summed E-state index contributed by atoms with van der Waals surface area (Å²) >= 11 is 0. The van der Waals surface area contributed by atoms with Crippen molar-refractivity contribution < 1.29 is 19.4 Å². The zero-order valence-electron chi connectivity index (χ0n) is 29.9. The predicted octanol–water partition coefficient (Wildman–Crippen LogP) is 11.4. The molecule has 4 atom stereocenters. The first-order valence-corrected chi connectivity index (χ1v) is 19.5. The lowest BCUT2D eigenvalue weighted by atomic mass is 9.77. The van der Waals surface area contributed by atoms with Crippen LogP contribution in [0.25, 0.3) is 0 Å². The van der Waals surface area contributed by atoms with Crippen LogP contribution in [-0.4, -0.2) is 48.2 Å². The fraction of sp³-hybridized carbons (Fsp3) is 0.949. The van der Waals surface area contributed by atoms with Crippen LogP contribution >= 0.6 is 0 Å². The highest BCUT2D eigenvalue weighted by Crippen LogP contribution is 2.34. The van der Waals surface area contributed by atoms with Crippen molar-refractivity contribution >= 4 is 11.9 Å². The molecule has 44 heavy (non-hydrogen) atoms. The van der Waals surface area contributed by atoms with Crippen molar-refractivity contribution in [1.29, 1.82) is 0 Å². The smallest absolute Gasteiger partial charge is 0.308 e. The average molecular weight is 622 g/mol. The SMILES string of the molecule is CCCCCCCCCCC(CCCCCCCCC(=O)OCC(CCCC)CCCCCC)C1C(C(=O)O)CCCN1C. The minimum Gasteiger partial charge on any atom is -0.481 e. The van der Waals surface area contributed by atoms with Gasteiger partial charge in [-0.3, -0.25) is 9.59 Å². The number of carboxylic acid groups (broad SMARTS) is 1. The molecule has 0 spiro atoms. The molecular weight excluding hydrogens is 546 g/mol. The Morgan fingerprint density at radius 2 is 1.16 bits per heavy atom. The van der Waals surface area contributed by atoms with E-state index in [0.717, 1.165) is 38.6 Å². The van der Waals surface area contributed by atoms with Crippen molar-refractivity contribution in [3.8, 4) is 0 Å². The number of ether oxygens (including phenoxy) is 1. The Hall–Kier alpha value is -1.10. The summed E-state index contributed by atoms with van der Waals surface area (Å²) in [5.41, 5.74) is 0. The Morgan fingerprint density at radius 3 is 1.73 bits per heavy atom. The molecule has 1 rings (SSSR count). The number of carbonyl (C=O) groups is 2. The molecule has 4 unspecified atom stereocenters. The number of aliphatic carboxylic acids is 1. The Bertz CT molecular complexity index is 683. The van der Waals surface area contributed by atoms with Gasteiger partial charge in [-0.15, -0.1) is 0 Å². The van der Waals surface area contributed by atoms with Crippen molar-refractivity contribution in [2.75, 3.05) is 20.2 Å². The maximum atomic E-state index is 12.4. The Balaban J connectivity index is 2.33. The minimum absolute atomic E-state index is 0.00607. The number of likely N-dealkylation sites (tertiary alicyclic amines) is 1. The highest BCUT2D eigenvalue weighted by atomic mass is 16.5. The fourth-order valence-corrected chi connectivity index (χ4v) is 7.50. The fourth-order valence-electron chi connectivity index (χ4n) is 7.50. The number of hydrogen-bond acceptors (Lipinski definition) is 4. The molecule has 1 aliphatic rings. The van der Waals surface area contributed by atoms with Crippen LogP contribution < -0.4 is 0 Å². The van der Waals surface area contributed by atoms with Crippen molar-refractivity contribution in [3.63, 3.8) is 0 Å². The quantitative estimate of drug-likeness (QED) is 0.0638. The third kappa shape index (κ3) is 20.1. The normalized spacial score (nSPS) is 18.7. The van der Waals surface area contributed by atoms with Gasteiger partial charge in [-0.2, -0.15) is 0 Å². The predicted molar refractivity (Wildman–Crippen MR) is 187 cm³/mol. The van der Waals surface area contributed by atoms with E-state index in [-0.39, 0.29) is 17.9 Å². The monoisotopic (exact) mass is 622 g/mol. The van der Waals surface area contributed by atoms with Crippen LogP contribution in [0.1, 0.15) is 194 Å². The lowest BCUT2D eigenvalue weighted by molar-refractivity contribution is -0.147. The van der Waals surface area contributed by atoms with Gasteiger partial charge >= 0.3 is 11.9 Å². The Labute approximate surface area is 274 Å². The number of piperidine rings is 1. The summed E-state index contributed by atoms with van der Waals surface area (Å²) in [5.74, 6) is 0.215. The standard InChI is InChI=1S/C39H75NO4/c1-5-8-11-13-14-15-18-22-28-35(38-36(39(42)43)30-25-32-40(38)4)29-23-19-16-17-20-24-31-37(41)44-33-34(26-10-7-3)27-21-12-9-6-2/h34-36,38H,5-33H2,1-4H3,(H,42,43). The van der Waals surface area contributed by atoms with Crippen molar-refractivity contribution in [2.45, 2.75) is 200 Å². The first kappa shape index (κ1) is 40.9. The molecule has 0 aromatic rings. The van der Waals surface area contributed by atoms with Gasteiger partial charge in [0.2, 0.25) is 0 Å². The summed E-state index contributed by atoms with van der Waals surface area (Å²) in [7, 11) is 2.16. The van der Waals surface area contributed by atoms with Gasteiger partial charge in [0, 0.05) is 12.5 Å². The van der Waals surface area contributed by atoms with E-state index in [1.807, 2.05) is 0 Å². The molecule has 0 aliphatic carbocycles. The van der Waals surface area contributed by atoms with Crippen LogP contribution in [0.3, 0.4) is 0 Å². The molecule has 0 saturated carbocycles. The number of nitrogens with zero attached hydrogens (tertiary/aromatic N) is 1. The molecule has 5 heteroatoms. The first-order valence-electron chi connectivity index (χ1n) is 19.5. The second-order valence-electron chi connectivity index (χ2n) is 14.3. The van der Waals surface area contributed by atoms with Gasteiger partial charge < -0.3 is 14.7 Å². The van der Waals surface area contributed by atoms with E-state index >= 15 is 0 Å². The van der Waals surface area contributed by atoms with Crippen molar-refractivity contribution in [2.24, 2.45) is 17.8 Å². The molecule has 0 radical (unpaired) electrons. The highest BCUT2D eigenvalue weighted by molar-refractivity contribution is 5.71. The zero-order chi connectivity index (χ0) is 32.3. The summed E-state index contributed by atoms with van der Waals surface area (Å²) < 4.78 is 5.71. The second kappa shape index (κ2) is 28.1. The molecule has 0 amide bonds. The summed E-state index contributed by atoms with van der Waals surface area (Å²) in [6, 6.07) is 0.190. The molecule has 5 nitrogen and oxygen atoms in total. The molecule has 1 N–H and O–H groups in total. The van der Waals surface area contributed by atoms with Gasteiger partial charge in [-0.25, -0.2) is 0 Å². The van der Waals surface area contributed by atoms with Gasteiger partial charge in [-0.1, -0.05) is 143 Å². The summed E-state index contributed by atoms with van der Waals surface area (Å²) in [4.78, 5) is 26.9. The van der Waals surface area contributed by atoms with Gasteiger partial charge in [0.25, 0.3) is 0 Å². The molecule has 0 bridgehead atoms. The van der Waals surface area contributed by atoms with E-state index in [0.29, 0.717) is 24.9 Å². The topological polar surface area (TPSA) is 66.8 Å². The number of unbranched alkanes of at least 4 members (excludes halogenated alkanes) is 16. The number of rotatable bonds is 30. The Kier molecular flexibility index (Phi) is 26.2. The maximum Gasteiger partial charge on any atom is 0.308 e. The number of hydrogen-bond donors (Lipinski definition) is 1. The third-order valence-electron chi connectivity index (χ3n) is 10.3. The lowest BCUT2D eigenvalue weighted by Crippen LogP contribution is -2.50.